The SMILES string of the molecule is Cc1cc(C(C)(C)C)cc2c1N(c1ccc3c(c1)N(c1ccc(C(C)(C)C)cc1)c1cc(C(C)(C)C)cc4c1B3c1cc(C(C)(C)C)ccc1N4c1ccc3c(c1)C(C)(C)c1ccccc1-3)c1c(O)c(O)c(O)c(O)c1O2. The van der Waals surface area contributed by atoms with E-state index in [0.29, 0.717) is 17.1 Å². The molecule has 77 heavy (non-hydrogen) atoms. The molecule has 8 aromatic rings. The summed E-state index contributed by atoms with van der Waals surface area (Å²) >= 11 is 0. The fraction of sp³-hybridized carbons (Fsp3) is 0.294. The van der Waals surface area contributed by atoms with Crippen molar-refractivity contribution in [1.82, 2.24) is 0 Å². The van der Waals surface area contributed by atoms with Crippen LogP contribution in [-0.2, 0) is 27.1 Å². The summed E-state index contributed by atoms with van der Waals surface area (Å²) in [5, 5.41) is 45.9. The highest BCUT2D eigenvalue weighted by Gasteiger charge is 2.47. The highest BCUT2D eigenvalue weighted by atomic mass is 16.5. The van der Waals surface area contributed by atoms with Crippen molar-refractivity contribution in [3.8, 4) is 45.6 Å². The molecule has 0 atom stereocenters. The summed E-state index contributed by atoms with van der Waals surface area (Å²) in [4.78, 5) is 6.80. The molecule has 0 saturated carbocycles. The maximum absolute atomic E-state index is 12.0. The Morgan fingerprint density at radius 1 is 0.429 bits per heavy atom. The number of hydrogen-bond donors (Lipinski definition) is 4. The minimum absolute atomic E-state index is 0.0144. The number of benzene rings is 8. The number of rotatable bonds is 3. The molecule has 4 aliphatic rings. The van der Waals surface area contributed by atoms with Gasteiger partial charge in [-0.05, 0) is 156 Å². The van der Waals surface area contributed by atoms with Gasteiger partial charge >= 0.3 is 0 Å². The molecule has 0 unspecified atom stereocenters. The van der Waals surface area contributed by atoms with Crippen LogP contribution in [-0.4, -0.2) is 27.1 Å². The van der Waals surface area contributed by atoms with E-state index in [1.54, 1.807) is 0 Å². The molecule has 0 spiro atoms. The van der Waals surface area contributed by atoms with Crippen LogP contribution in [0.15, 0.2) is 127 Å². The molecule has 12 rings (SSSR count). The Morgan fingerprint density at radius 3 is 1.62 bits per heavy atom. The third-order valence-electron chi connectivity index (χ3n) is 17.0. The first-order valence-corrected chi connectivity index (χ1v) is 27.1. The van der Waals surface area contributed by atoms with E-state index in [-0.39, 0.29) is 45.2 Å². The van der Waals surface area contributed by atoms with Gasteiger partial charge in [0, 0.05) is 45.2 Å². The quantitative estimate of drug-likeness (QED) is 0.0789. The molecule has 9 heteroatoms. The van der Waals surface area contributed by atoms with E-state index < -0.39 is 23.0 Å². The van der Waals surface area contributed by atoms with Gasteiger partial charge in [0.15, 0.2) is 11.5 Å². The van der Waals surface area contributed by atoms with Crippen molar-refractivity contribution in [1.29, 1.82) is 0 Å². The van der Waals surface area contributed by atoms with Crippen molar-refractivity contribution in [3.63, 3.8) is 0 Å². The second-order valence-electron chi connectivity index (χ2n) is 26.6. The smallest absolute Gasteiger partial charge is 0.252 e. The van der Waals surface area contributed by atoms with Crippen molar-refractivity contribution in [2.45, 2.75) is 131 Å². The molecular formula is C68H70BN3O5. The number of ether oxygens (including phenoxy) is 1. The predicted octanol–water partition coefficient (Wildman–Crippen LogP) is 16.0. The van der Waals surface area contributed by atoms with E-state index in [1.807, 2.05) is 17.9 Å². The molecule has 0 aromatic heterocycles. The molecule has 0 radical (unpaired) electrons. The maximum Gasteiger partial charge on any atom is 0.252 e. The van der Waals surface area contributed by atoms with E-state index in [4.69, 9.17) is 4.74 Å². The van der Waals surface area contributed by atoms with Crippen molar-refractivity contribution in [3.05, 3.63) is 166 Å². The molecular weight excluding hydrogens is 950 g/mol. The lowest BCUT2D eigenvalue weighted by atomic mass is 9.33. The van der Waals surface area contributed by atoms with Crippen LogP contribution in [0.5, 0.6) is 34.5 Å². The summed E-state index contributed by atoms with van der Waals surface area (Å²) < 4.78 is 6.52. The topological polar surface area (TPSA) is 99.9 Å². The lowest BCUT2D eigenvalue weighted by molar-refractivity contribution is 0.330. The number of anilines is 9. The largest absolute Gasteiger partial charge is 0.503 e. The first-order valence-electron chi connectivity index (χ1n) is 27.1. The van der Waals surface area contributed by atoms with Crippen LogP contribution in [0.3, 0.4) is 0 Å². The Morgan fingerprint density at radius 2 is 0.974 bits per heavy atom. The molecule has 390 valence electrons. The van der Waals surface area contributed by atoms with Crippen LogP contribution in [0.4, 0.5) is 51.2 Å². The van der Waals surface area contributed by atoms with Crippen molar-refractivity contribution in [2.75, 3.05) is 14.7 Å². The van der Waals surface area contributed by atoms with E-state index in [1.165, 1.54) is 49.9 Å². The minimum Gasteiger partial charge on any atom is -0.503 e. The Bertz CT molecular complexity index is 3830. The number of phenolic OH excluding ortho intramolecular Hbond substituents is 4. The van der Waals surface area contributed by atoms with Crippen LogP contribution in [0, 0.1) is 6.92 Å². The fourth-order valence-corrected chi connectivity index (χ4v) is 12.5. The third kappa shape index (κ3) is 7.46. The Hall–Kier alpha value is -7.78. The number of phenols is 4. The lowest BCUT2D eigenvalue weighted by Gasteiger charge is -2.46. The molecule has 8 aromatic carbocycles. The molecule has 3 aliphatic heterocycles. The van der Waals surface area contributed by atoms with E-state index in [2.05, 4.69) is 228 Å². The van der Waals surface area contributed by atoms with E-state index in [0.717, 1.165) is 50.7 Å². The van der Waals surface area contributed by atoms with Gasteiger partial charge in [-0.15, -0.1) is 0 Å². The molecule has 0 fully saturated rings. The van der Waals surface area contributed by atoms with Crippen LogP contribution in [0.2, 0.25) is 0 Å². The summed E-state index contributed by atoms with van der Waals surface area (Å²) in [6, 6.07) is 47.4. The maximum atomic E-state index is 12.0. The molecule has 0 bridgehead atoms. The zero-order valence-corrected chi connectivity index (χ0v) is 47.2. The highest BCUT2D eigenvalue weighted by Crippen LogP contribution is 2.64. The van der Waals surface area contributed by atoms with E-state index in [9.17, 15) is 20.4 Å². The number of fused-ring (bicyclic) bond motifs is 9. The van der Waals surface area contributed by atoms with Crippen molar-refractivity contribution >= 4 is 74.3 Å². The monoisotopic (exact) mass is 1020 g/mol. The van der Waals surface area contributed by atoms with Gasteiger partial charge < -0.3 is 35.0 Å². The van der Waals surface area contributed by atoms with Gasteiger partial charge in [0.2, 0.25) is 23.0 Å². The van der Waals surface area contributed by atoms with Crippen LogP contribution in [0.1, 0.15) is 136 Å². The first-order chi connectivity index (χ1) is 36.0. The molecule has 0 amide bonds. The van der Waals surface area contributed by atoms with Gasteiger partial charge in [0.25, 0.3) is 6.71 Å². The van der Waals surface area contributed by atoms with Gasteiger partial charge in [0.1, 0.15) is 5.69 Å². The summed E-state index contributed by atoms with van der Waals surface area (Å²) in [5.74, 6) is -2.72. The molecule has 3 heterocycles. The van der Waals surface area contributed by atoms with Gasteiger partial charge in [0.05, 0.1) is 5.69 Å². The number of hydrogen-bond acceptors (Lipinski definition) is 8. The third-order valence-corrected chi connectivity index (χ3v) is 17.0. The first kappa shape index (κ1) is 50.1. The van der Waals surface area contributed by atoms with Gasteiger partial charge in [-0.3, -0.25) is 4.90 Å². The number of aromatic hydroxyl groups is 4. The van der Waals surface area contributed by atoms with E-state index >= 15 is 0 Å². The van der Waals surface area contributed by atoms with Crippen LogP contribution in [0.25, 0.3) is 11.1 Å². The van der Waals surface area contributed by atoms with Crippen LogP contribution < -0.4 is 35.8 Å². The zero-order valence-electron chi connectivity index (χ0n) is 47.2. The van der Waals surface area contributed by atoms with Gasteiger partial charge in [-0.2, -0.15) is 0 Å². The Balaban J connectivity index is 1.17. The lowest BCUT2D eigenvalue weighted by Crippen LogP contribution is -2.61. The van der Waals surface area contributed by atoms with Crippen LogP contribution >= 0.6 is 0 Å². The van der Waals surface area contributed by atoms with Crippen molar-refractivity contribution in [2.24, 2.45) is 0 Å². The molecule has 4 N–H and O–H groups in total. The standard InChI is InChI=1S/C68H70BN3O5/c1-37-30-40(66(8,9)10)34-55-57(37)72(58-59(73)60(74)61(75)62(76)63(58)77-55)44-26-28-49-52(36-44)70(42-23-20-38(21-24-42)64(2,3)4)53-32-41(67(11,12)13)33-54-56(53)69(49)50-31-39(65(5,6)7)22-29-51(50)71(54)43-25-27-46-45-18-16-17-19-47(45)68(14,15)48(46)35-43/h16-36,73-76H,1-15H3. The molecule has 8 nitrogen and oxygen atoms in total. The Kier molecular flexibility index (Phi) is 10.6. The highest BCUT2D eigenvalue weighted by molar-refractivity contribution is 7.00. The predicted molar refractivity (Wildman–Crippen MR) is 319 cm³/mol. The number of nitrogens with zero attached hydrogens (tertiary/aromatic N) is 3. The summed E-state index contributed by atoms with van der Waals surface area (Å²) in [6.45, 7) is 33.3. The summed E-state index contributed by atoms with van der Waals surface area (Å²) in [5.41, 5.74) is 20.9. The minimum atomic E-state index is -0.862. The summed E-state index contributed by atoms with van der Waals surface area (Å²) in [7, 11) is 0. The normalized spacial score (nSPS) is 15.0. The second-order valence-corrected chi connectivity index (χ2v) is 26.6. The second kappa shape index (κ2) is 16.4. The van der Waals surface area contributed by atoms with Gasteiger partial charge in [-0.25, -0.2) is 0 Å². The average molecular weight is 1020 g/mol. The summed E-state index contributed by atoms with van der Waals surface area (Å²) in [6.07, 6.45) is 0. The Labute approximate surface area is 454 Å². The van der Waals surface area contributed by atoms with Gasteiger partial charge in [-0.1, -0.05) is 164 Å². The van der Waals surface area contributed by atoms with Crippen molar-refractivity contribution < 1.29 is 25.2 Å². The molecule has 0 saturated heterocycles. The fourth-order valence-electron chi connectivity index (χ4n) is 12.5. The zero-order chi connectivity index (χ0) is 55.0. The molecule has 1 aliphatic carbocycles. The average Bonchev–Trinajstić information content (AvgIpc) is 3.63. The number of aryl methyl sites for hydroxylation is 1.